The predicted octanol–water partition coefficient (Wildman–Crippen LogP) is 2.62. The Balaban J connectivity index is 2.27. The van der Waals surface area contributed by atoms with Crippen LogP contribution in [0.4, 0.5) is 5.82 Å². The summed E-state index contributed by atoms with van der Waals surface area (Å²) in [6.45, 7) is 9.46. The highest BCUT2D eigenvalue weighted by Gasteiger charge is 2.39. The largest absolute Gasteiger partial charge is 0.461 e. The van der Waals surface area contributed by atoms with Crippen LogP contribution in [0.1, 0.15) is 51.4 Å². The van der Waals surface area contributed by atoms with Gasteiger partial charge in [0.25, 0.3) is 0 Å². The SMILES string of the molecule is CC(C)OC(=O)C1CCN1c1nnc(Cl)cc1C(=O)OC(C)(C)C. The van der Waals surface area contributed by atoms with Crippen LogP contribution in [-0.2, 0) is 14.3 Å². The monoisotopic (exact) mass is 355 g/mol. The maximum Gasteiger partial charge on any atom is 0.342 e. The van der Waals surface area contributed by atoms with Crippen LogP contribution >= 0.6 is 11.6 Å². The zero-order valence-corrected chi connectivity index (χ0v) is 15.3. The first-order valence-corrected chi connectivity index (χ1v) is 8.20. The molecule has 0 radical (unpaired) electrons. The van der Waals surface area contributed by atoms with E-state index in [4.69, 9.17) is 21.1 Å². The zero-order chi connectivity index (χ0) is 18.1. The molecule has 1 aliphatic heterocycles. The topological polar surface area (TPSA) is 81.6 Å². The van der Waals surface area contributed by atoms with Crippen LogP contribution in [0.2, 0.25) is 5.15 Å². The summed E-state index contributed by atoms with van der Waals surface area (Å²) in [5.74, 6) is -0.620. The van der Waals surface area contributed by atoms with Crippen LogP contribution in [-0.4, -0.2) is 46.4 Å². The van der Waals surface area contributed by atoms with Crippen molar-refractivity contribution in [2.24, 2.45) is 0 Å². The summed E-state index contributed by atoms with van der Waals surface area (Å²) in [7, 11) is 0. The summed E-state index contributed by atoms with van der Waals surface area (Å²) in [4.78, 5) is 26.3. The Kier molecular flexibility index (Phi) is 5.32. The molecule has 0 spiro atoms. The summed E-state index contributed by atoms with van der Waals surface area (Å²) in [5.41, 5.74) is -0.471. The standard InChI is InChI=1S/C16H22ClN3O4/c1-9(2)23-15(22)11-6-7-20(11)13-10(8-12(17)18-19-13)14(21)24-16(3,4)5/h8-9,11H,6-7H2,1-5H3. The molecule has 0 amide bonds. The molecule has 7 nitrogen and oxygen atoms in total. The van der Waals surface area contributed by atoms with Gasteiger partial charge in [-0.3, -0.25) is 0 Å². The summed E-state index contributed by atoms with van der Waals surface area (Å²) >= 11 is 5.87. The van der Waals surface area contributed by atoms with Gasteiger partial charge < -0.3 is 14.4 Å². The van der Waals surface area contributed by atoms with Crippen LogP contribution in [0.25, 0.3) is 0 Å². The van der Waals surface area contributed by atoms with Crippen LogP contribution in [0.5, 0.6) is 0 Å². The van der Waals surface area contributed by atoms with E-state index in [1.807, 2.05) is 0 Å². The molecule has 0 N–H and O–H groups in total. The van der Waals surface area contributed by atoms with Crippen molar-refractivity contribution in [1.82, 2.24) is 10.2 Å². The van der Waals surface area contributed by atoms with Crippen molar-refractivity contribution in [3.05, 3.63) is 16.8 Å². The fraction of sp³-hybridized carbons (Fsp3) is 0.625. The van der Waals surface area contributed by atoms with E-state index in [-0.39, 0.29) is 28.6 Å². The first-order chi connectivity index (χ1) is 11.1. The summed E-state index contributed by atoms with van der Waals surface area (Å²) in [5, 5.41) is 7.87. The van der Waals surface area contributed by atoms with Gasteiger partial charge in [0.1, 0.15) is 17.2 Å². The molecule has 1 unspecified atom stereocenters. The minimum Gasteiger partial charge on any atom is -0.461 e. The quantitative estimate of drug-likeness (QED) is 0.768. The smallest absolute Gasteiger partial charge is 0.342 e. The average Bonchev–Trinajstić information content (AvgIpc) is 2.36. The Morgan fingerprint density at radius 3 is 2.50 bits per heavy atom. The molecule has 2 heterocycles. The lowest BCUT2D eigenvalue weighted by Gasteiger charge is -2.40. The molecule has 132 valence electrons. The van der Waals surface area contributed by atoms with Crippen molar-refractivity contribution in [1.29, 1.82) is 0 Å². The fourth-order valence-electron chi connectivity index (χ4n) is 2.25. The van der Waals surface area contributed by atoms with Gasteiger partial charge in [-0.15, -0.1) is 10.2 Å². The number of carbonyl (C=O) groups is 2. The van der Waals surface area contributed by atoms with Gasteiger partial charge in [0.05, 0.1) is 6.10 Å². The number of aromatic nitrogens is 2. The van der Waals surface area contributed by atoms with Crippen molar-refractivity contribution >= 4 is 29.4 Å². The van der Waals surface area contributed by atoms with Gasteiger partial charge in [-0.25, -0.2) is 9.59 Å². The van der Waals surface area contributed by atoms with Gasteiger partial charge in [-0.05, 0) is 47.1 Å². The summed E-state index contributed by atoms with van der Waals surface area (Å²) in [6.07, 6.45) is 0.422. The lowest BCUT2D eigenvalue weighted by molar-refractivity contribution is -0.150. The third-order valence-electron chi connectivity index (χ3n) is 3.28. The molecule has 8 heteroatoms. The number of hydrogen-bond donors (Lipinski definition) is 0. The van der Waals surface area contributed by atoms with Crippen molar-refractivity contribution in [2.45, 2.75) is 58.8 Å². The number of hydrogen-bond acceptors (Lipinski definition) is 7. The van der Waals surface area contributed by atoms with Gasteiger partial charge in [0.2, 0.25) is 0 Å². The number of rotatable bonds is 4. The molecule has 1 aliphatic rings. The van der Waals surface area contributed by atoms with E-state index in [1.54, 1.807) is 39.5 Å². The second-order valence-electron chi connectivity index (χ2n) is 6.89. The molecule has 0 aromatic carbocycles. The molecule has 1 atom stereocenters. The Morgan fingerprint density at radius 1 is 1.33 bits per heavy atom. The zero-order valence-electron chi connectivity index (χ0n) is 14.5. The molecule has 1 aromatic rings. The highest BCUT2D eigenvalue weighted by molar-refractivity contribution is 6.29. The van der Waals surface area contributed by atoms with Crippen molar-refractivity contribution in [2.75, 3.05) is 11.4 Å². The number of esters is 2. The van der Waals surface area contributed by atoms with Crippen LogP contribution < -0.4 is 4.90 Å². The summed E-state index contributed by atoms with van der Waals surface area (Å²) in [6, 6.07) is 0.922. The van der Waals surface area contributed by atoms with Gasteiger partial charge >= 0.3 is 11.9 Å². The highest BCUT2D eigenvalue weighted by atomic mass is 35.5. The average molecular weight is 356 g/mol. The minimum atomic E-state index is -0.658. The number of anilines is 1. The molecule has 24 heavy (non-hydrogen) atoms. The Hall–Kier alpha value is -1.89. The number of ether oxygens (including phenoxy) is 2. The Morgan fingerprint density at radius 2 is 2.00 bits per heavy atom. The minimum absolute atomic E-state index is 0.0847. The van der Waals surface area contributed by atoms with E-state index in [9.17, 15) is 9.59 Å². The lowest BCUT2D eigenvalue weighted by Crippen LogP contribution is -2.54. The molecular formula is C16H22ClN3O4. The molecule has 0 saturated carbocycles. The third-order valence-corrected chi connectivity index (χ3v) is 3.46. The predicted molar refractivity (Wildman–Crippen MR) is 89.2 cm³/mol. The maximum atomic E-state index is 12.4. The van der Waals surface area contributed by atoms with Crippen LogP contribution in [0.15, 0.2) is 6.07 Å². The van der Waals surface area contributed by atoms with Crippen molar-refractivity contribution in [3.63, 3.8) is 0 Å². The number of carbonyl (C=O) groups excluding carboxylic acids is 2. The van der Waals surface area contributed by atoms with E-state index in [0.717, 1.165) is 0 Å². The van der Waals surface area contributed by atoms with Gasteiger partial charge in [0, 0.05) is 6.54 Å². The van der Waals surface area contributed by atoms with Gasteiger partial charge in [-0.1, -0.05) is 11.6 Å². The van der Waals surface area contributed by atoms with Crippen LogP contribution in [0, 0.1) is 0 Å². The van der Waals surface area contributed by atoms with Gasteiger partial charge in [0.15, 0.2) is 11.0 Å². The van der Waals surface area contributed by atoms with E-state index < -0.39 is 17.6 Å². The van der Waals surface area contributed by atoms with E-state index in [2.05, 4.69) is 10.2 Å². The molecule has 0 aliphatic carbocycles. The first-order valence-electron chi connectivity index (χ1n) is 7.82. The molecule has 1 fully saturated rings. The number of halogens is 1. The van der Waals surface area contributed by atoms with Gasteiger partial charge in [-0.2, -0.15) is 0 Å². The van der Waals surface area contributed by atoms with Crippen LogP contribution in [0.3, 0.4) is 0 Å². The molecule has 2 rings (SSSR count). The van der Waals surface area contributed by atoms with E-state index >= 15 is 0 Å². The third kappa shape index (κ3) is 4.35. The van der Waals surface area contributed by atoms with Crippen molar-refractivity contribution in [3.8, 4) is 0 Å². The molecular weight excluding hydrogens is 334 g/mol. The first kappa shape index (κ1) is 18.4. The second-order valence-corrected chi connectivity index (χ2v) is 7.28. The second kappa shape index (κ2) is 6.93. The Labute approximate surface area is 146 Å². The normalized spacial score (nSPS) is 17.5. The summed E-state index contributed by atoms with van der Waals surface area (Å²) < 4.78 is 10.6. The van der Waals surface area contributed by atoms with Crippen molar-refractivity contribution < 1.29 is 19.1 Å². The van der Waals surface area contributed by atoms with E-state index in [0.29, 0.717) is 13.0 Å². The lowest BCUT2D eigenvalue weighted by atomic mass is 10.0. The highest BCUT2D eigenvalue weighted by Crippen LogP contribution is 2.30. The molecule has 1 saturated heterocycles. The molecule has 0 bridgehead atoms. The number of nitrogens with zero attached hydrogens (tertiary/aromatic N) is 3. The molecule has 1 aromatic heterocycles. The Bertz CT molecular complexity index is 643. The maximum absolute atomic E-state index is 12.4. The van der Waals surface area contributed by atoms with E-state index in [1.165, 1.54) is 6.07 Å². The fourth-order valence-corrected chi connectivity index (χ4v) is 2.40.